The van der Waals surface area contributed by atoms with Crippen molar-refractivity contribution in [1.82, 2.24) is 14.9 Å². The number of amides is 2. The zero-order valence-electron chi connectivity index (χ0n) is 19.5. The number of carbonyl (C=O) groups is 2. The molecule has 1 aromatic heterocycles. The van der Waals surface area contributed by atoms with Crippen LogP contribution in [0.25, 0.3) is 11.3 Å². The minimum Gasteiger partial charge on any atom is -0.489 e. The molecule has 0 radical (unpaired) electrons. The van der Waals surface area contributed by atoms with Gasteiger partial charge in [-0.25, -0.2) is 4.98 Å². The number of aromatic amines is 1. The summed E-state index contributed by atoms with van der Waals surface area (Å²) in [4.78, 5) is 33.8. The maximum Gasteiger partial charge on any atom is 0.573 e. The van der Waals surface area contributed by atoms with Gasteiger partial charge in [0.2, 0.25) is 5.91 Å². The molecule has 11 heteroatoms. The fourth-order valence-corrected chi connectivity index (χ4v) is 4.05. The number of nitrogens with two attached hydrogens (primary N) is 1. The number of aryl methyl sites for hydroxylation is 1. The lowest BCUT2D eigenvalue weighted by Gasteiger charge is -2.32. The van der Waals surface area contributed by atoms with Crippen LogP contribution in [-0.2, 0) is 11.2 Å². The normalized spacial score (nSPS) is 14.5. The minimum atomic E-state index is -4.76. The average molecular weight is 502 g/mol. The van der Waals surface area contributed by atoms with Crippen LogP contribution in [-0.4, -0.2) is 52.2 Å². The summed E-state index contributed by atoms with van der Waals surface area (Å²) in [7, 11) is 0. The highest BCUT2D eigenvalue weighted by atomic mass is 19.4. The van der Waals surface area contributed by atoms with Crippen LogP contribution >= 0.6 is 0 Å². The summed E-state index contributed by atoms with van der Waals surface area (Å²) in [6, 6.07) is 10.4. The van der Waals surface area contributed by atoms with Crippen LogP contribution in [0.15, 0.2) is 48.7 Å². The van der Waals surface area contributed by atoms with E-state index in [-0.39, 0.29) is 29.7 Å². The number of nitrogens with one attached hydrogen (secondary N) is 1. The number of rotatable bonds is 7. The zero-order chi connectivity index (χ0) is 25.9. The van der Waals surface area contributed by atoms with E-state index < -0.39 is 12.3 Å². The summed E-state index contributed by atoms with van der Waals surface area (Å²) in [5.74, 6) is 0.0523. The van der Waals surface area contributed by atoms with Gasteiger partial charge in [0, 0.05) is 37.7 Å². The van der Waals surface area contributed by atoms with Crippen molar-refractivity contribution in [1.29, 1.82) is 0 Å². The van der Waals surface area contributed by atoms with Gasteiger partial charge in [0.25, 0.3) is 5.91 Å². The highest BCUT2D eigenvalue weighted by molar-refractivity contribution is 5.97. The van der Waals surface area contributed by atoms with Crippen molar-refractivity contribution >= 4 is 11.8 Å². The molecule has 2 aromatic carbocycles. The molecule has 1 aliphatic heterocycles. The molecule has 2 heterocycles. The molecule has 2 amide bonds. The second-order valence-corrected chi connectivity index (χ2v) is 8.51. The molecular weight excluding hydrogens is 477 g/mol. The summed E-state index contributed by atoms with van der Waals surface area (Å²) in [5, 5.41) is 0. The first-order valence-corrected chi connectivity index (χ1v) is 11.3. The first-order valence-electron chi connectivity index (χ1n) is 11.3. The van der Waals surface area contributed by atoms with Gasteiger partial charge in [0.15, 0.2) is 0 Å². The van der Waals surface area contributed by atoms with Gasteiger partial charge in [0.05, 0.1) is 17.7 Å². The number of likely N-dealkylation sites (tertiary alicyclic amines) is 1. The van der Waals surface area contributed by atoms with E-state index in [0.29, 0.717) is 42.9 Å². The van der Waals surface area contributed by atoms with Gasteiger partial charge in [-0.05, 0) is 42.8 Å². The van der Waals surface area contributed by atoms with Gasteiger partial charge < -0.3 is 25.1 Å². The maximum atomic E-state index is 12.7. The van der Waals surface area contributed by atoms with Crippen LogP contribution in [0.3, 0.4) is 0 Å². The van der Waals surface area contributed by atoms with E-state index in [1.807, 2.05) is 6.92 Å². The molecule has 0 bridgehead atoms. The van der Waals surface area contributed by atoms with Crippen molar-refractivity contribution in [2.45, 2.75) is 38.7 Å². The Kier molecular flexibility index (Phi) is 7.18. The summed E-state index contributed by atoms with van der Waals surface area (Å²) in [6.45, 7) is 2.74. The first kappa shape index (κ1) is 25.1. The molecule has 8 nitrogen and oxygen atoms in total. The molecule has 0 saturated carbocycles. The van der Waals surface area contributed by atoms with Gasteiger partial charge in [-0.2, -0.15) is 0 Å². The smallest absolute Gasteiger partial charge is 0.489 e. The zero-order valence-corrected chi connectivity index (χ0v) is 19.5. The topological polar surface area (TPSA) is 111 Å². The van der Waals surface area contributed by atoms with Crippen molar-refractivity contribution in [3.05, 3.63) is 65.6 Å². The monoisotopic (exact) mass is 502 g/mol. The van der Waals surface area contributed by atoms with Crippen LogP contribution < -0.4 is 15.2 Å². The number of imidazole rings is 1. The predicted molar refractivity (Wildman–Crippen MR) is 124 cm³/mol. The molecule has 1 fully saturated rings. The lowest BCUT2D eigenvalue weighted by Crippen LogP contribution is -2.42. The number of benzene rings is 2. The highest BCUT2D eigenvalue weighted by Gasteiger charge is 2.31. The number of halogens is 3. The van der Waals surface area contributed by atoms with Crippen molar-refractivity contribution in [3.63, 3.8) is 0 Å². The molecule has 0 aliphatic carbocycles. The fourth-order valence-electron chi connectivity index (χ4n) is 4.05. The number of H-pyrrole nitrogens is 1. The number of hydrogen-bond acceptors (Lipinski definition) is 5. The Morgan fingerprint density at radius 3 is 2.42 bits per heavy atom. The van der Waals surface area contributed by atoms with E-state index in [1.165, 1.54) is 24.3 Å². The Labute approximate surface area is 205 Å². The highest BCUT2D eigenvalue weighted by Crippen LogP contribution is 2.28. The lowest BCUT2D eigenvalue weighted by molar-refractivity contribution is -0.274. The van der Waals surface area contributed by atoms with Gasteiger partial charge in [-0.1, -0.05) is 12.1 Å². The van der Waals surface area contributed by atoms with E-state index in [2.05, 4.69) is 14.7 Å². The number of aromatic nitrogens is 2. The van der Waals surface area contributed by atoms with E-state index in [4.69, 9.17) is 10.5 Å². The molecule has 0 unspecified atom stereocenters. The second kappa shape index (κ2) is 10.3. The van der Waals surface area contributed by atoms with Gasteiger partial charge in [-0.3, -0.25) is 9.59 Å². The molecule has 3 N–H and O–H groups in total. The third kappa shape index (κ3) is 6.35. The number of ether oxygens (including phenoxy) is 2. The number of piperidine rings is 1. The number of carbonyl (C=O) groups excluding carboxylic acids is 2. The Morgan fingerprint density at radius 2 is 1.83 bits per heavy atom. The standard InChI is InChI=1S/C25H25F3N4O4/c1-15-30-14-21(31-15)17-4-7-22(20(13-17)24(29)34)35-18-8-10-32(11-9-18)23(33)12-16-2-5-19(6-3-16)36-25(26,27)28/h2-7,13-14,18H,8-12H2,1H3,(H2,29,34)(H,30,31). The third-order valence-electron chi connectivity index (χ3n) is 5.85. The molecule has 1 saturated heterocycles. The molecule has 190 valence electrons. The quantitative estimate of drug-likeness (QED) is 0.508. The lowest BCUT2D eigenvalue weighted by atomic mass is 10.0. The van der Waals surface area contributed by atoms with Crippen molar-refractivity contribution in [2.24, 2.45) is 5.73 Å². The van der Waals surface area contributed by atoms with Crippen molar-refractivity contribution < 1.29 is 32.2 Å². The molecular formula is C25H25F3N4O4. The average Bonchev–Trinajstić information content (AvgIpc) is 3.26. The van der Waals surface area contributed by atoms with Crippen molar-refractivity contribution in [2.75, 3.05) is 13.1 Å². The maximum absolute atomic E-state index is 12.7. The van der Waals surface area contributed by atoms with Crippen LogP contribution in [0.5, 0.6) is 11.5 Å². The molecule has 1 aliphatic rings. The summed E-state index contributed by atoms with van der Waals surface area (Å²) in [5.41, 5.74) is 7.85. The summed E-state index contributed by atoms with van der Waals surface area (Å²) < 4.78 is 46.8. The second-order valence-electron chi connectivity index (χ2n) is 8.51. The van der Waals surface area contributed by atoms with Crippen LogP contribution in [0.1, 0.15) is 34.6 Å². The SMILES string of the molecule is Cc1nc(-c2ccc(OC3CCN(C(=O)Cc4ccc(OC(F)(F)F)cc4)CC3)c(C(N)=O)c2)c[nH]1. The molecule has 4 rings (SSSR count). The fraction of sp³-hybridized carbons (Fsp3) is 0.320. The molecule has 0 spiro atoms. The molecule has 36 heavy (non-hydrogen) atoms. The van der Waals surface area contributed by atoms with Crippen molar-refractivity contribution in [3.8, 4) is 22.8 Å². The van der Waals surface area contributed by atoms with Crippen LogP contribution in [0.2, 0.25) is 0 Å². The molecule has 0 atom stereocenters. The van der Waals surface area contributed by atoms with E-state index >= 15 is 0 Å². The van der Waals surface area contributed by atoms with Crippen LogP contribution in [0.4, 0.5) is 13.2 Å². The third-order valence-corrected chi connectivity index (χ3v) is 5.85. The number of primary amides is 1. The van der Waals surface area contributed by atoms with Gasteiger partial charge in [-0.15, -0.1) is 13.2 Å². The summed E-state index contributed by atoms with van der Waals surface area (Å²) >= 11 is 0. The Hall–Kier alpha value is -4.02. The summed E-state index contributed by atoms with van der Waals surface area (Å²) in [6.07, 6.45) is -2.04. The van der Waals surface area contributed by atoms with E-state index in [9.17, 15) is 22.8 Å². The number of nitrogens with zero attached hydrogens (tertiary/aromatic N) is 2. The largest absolute Gasteiger partial charge is 0.573 e. The first-order chi connectivity index (χ1) is 17.1. The number of alkyl halides is 3. The van der Waals surface area contributed by atoms with Gasteiger partial charge >= 0.3 is 6.36 Å². The Bertz CT molecular complexity index is 1230. The predicted octanol–water partition coefficient (Wildman–Crippen LogP) is 4.00. The molecule has 3 aromatic rings. The number of hydrogen-bond donors (Lipinski definition) is 2. The Morgan fingerprint density at radius 1 is 1.14 bits per heavy atom. The van der Waals surface area contributed by atoms with E-state index in [1.54, 1.807) is 29.3 Å². The van der Waals surface area contributed by atoms with Gasteiger partial charge in [0.1, 0.15) is 23.4 Å². The van der Waals surface area contributed by atoms with Crippen LogP contribution in [0, 0.1) is 6.92 Å². The Balaban J connectivity index is 1.32. The minimum absolute atomic E-state index is 0.0672. The van der Waals surface area contributed by atoms with E-state index in [0.717, 1.165) is 11.4 Å².